The summed E-state index contributed by atoms with van der Waals surface area (Å²) in [6.45, 7) is 1.65. The number of rotatable bonds is 7. The Balaban J connectivity index is 1.94. The molecule has 2 N–H and O–H groups in total. The van der Waals surface area contributed by atoms with Crippen molar-refractivity contribution < 1.29 is 19.1 Å². The van der Waals surface area contributed by atoms with Gasteiger partial charge in [0.2, 0.25) is 5.91 Å². The summed E-state index contributed by atoms with van der Waals surface area (Å²) in [6.07, 6.45) is 0.0100. The molecule has 0 aliphatic heterocycles. The Labute approximate surface area is 162 Å². The van der Waals surface area contributed by atoms with Gasteiger partial charge in [-0.25, -0.2) is 5.43 Å². The Bertz CT molecular complexity index is 851. The lowest BCUT2D eigenvalue weighted by molar-refractivity contribution is -0.115. The van der Waals surface area contributed by atoms with Gasteiger partial charge in [0.05, 0.1) is 26.3 Å². The first-order chi connectivity index (χ1) is 12.9. The van der Waals surface area contributed by atoms with Gasteiger partial charge in [-0.1, -0.05) is 11.6 Å². The van der Waals surface area contributed by atoms with Gasteiger partial charge in [-0.2, -0.15) is 5.10 Å². The van der Waals surface area contributed by atoms with Crippen molar-refractivity contribution in [2.24, 2.45) is 5.10 Å². The molecule has 2 aromatic carbocycles. The fraction of sp³-hybridized carbons (Fsp3) is 0.211. The predicted molar refractivity (Wildman–Crippen MR) is 105 cm³/mol. The Morgan fingerprint density at radius 3 is 2.41 bits per heavy atom. The predicted octanol–water partition coefficient (Wildman–Crippen LogP) is 3.49. The van der Waals surface area contributed by atoms with Gasteiger partial charge < -0.3 is 14.8 Å². The van der Waals surface area contributed by atoms with E-state index in [1.165, 1.54) is 7.11 Å². The van der Waals surface area contributed by atoms with Crippen LogP contribution < -0.4 is 20.2 Å². The zero-order chi connectivity index (χ0) is 19.8. The van der Waals surface area contributed by atoms with Crippen LogP contribution in [0, 0.1) is 0 Å². The highest BCUT2D eigenvalue weighted by Gasteiger charge is 2.11. The number of hydrazone groups is 1. The number of amides is 2. The summed E-state index contributed by atoms with van der Waals surface area (Å²) in [5, 5.41) is 7.23. The maximum Gasteiger partial charge on any atom is 0.271 e. The zero-order valence-electron chi connectivity index (χ0n) is 15.2. The number of hydrogen-bond donors (Lipinski definition) is 2. The summed E-state index contributed by atoms with van der Waals surface area (Å²) in [6, 6.07) is 11.5. The van der Waals surface area contributed by atoms with E-state index in [2.05, 4.69) is 15.8 Å². The lowest BCUT2D eigenvalue weighted by atomic mass is 10.2. The van der Waals surface area contributed by atoms with Crippen molar-refractivity contribution in [2.75, 3.05) is 19.5 Å². The van der Waals surface area contributed by atoms with E-state index >= 15 is 0 Å². The number of carbonyl (C=O) groups is 2. The fourth-order valence-electron chi connectivity index (χ4n) is 2.18. The van der Waals surface area contributed by atoms with Crippen LogP contribution in [0.4, 0.5) is 5.69 Å². The molecule has 0 unspecified atom stereocenters. The number of hydrogen-bond acceptors (Lipinski definition) is 5. The Morgan fingerprint density at radius 1 is 1.07 bits per heavy atom. The number of nitrogens with zero attached hydrogens (tertiary/aromatic N) is 1. The van der Waals surface area contributed by atoms with Crippen LogP contribution in [0.3, 0.4) is 0 Å². The van der Waals surface area contributed by atoms with Gasteiger partial charge in [-0.05, 0) is 43.3 Å². The maximum atomic E-state index is 12.2. The molecule has 7 nitrogen and oxygen atoms in total. The molecule has 2 rings (SSSR count). The van der Waals surface area contributed by atoms with E-state index in [0.29, 0.717) is 33.5 Å². The van der Waals surface area contributed by atoms with E-state index in [1.54, 1.807) is 56.5 Å². The SMILES string of the molecule is COc1ccc(NC(=O)C/C(C)=N\NC(=O)c2ccc(Cl)cc2)c(OC)c1. The van der Waals surface area contributed by atoms with E-state index < -0.39 is 0 Å². The minimum Gasteiger partial charge on any atom is -0.497 e. The molecule has 0 saturated carbocycles. The van der Waals surface area contributed by atoms with Crippen molar-refractivity contribution >= 4 is 34.8 Å². The molecule has 0 atom stereocenters. The quantitative estimate of drug-likeness (QED) is 0.560. The Kier molecular flexibility index (Phi) is 7.19. The number of anilines is 1. The number of halogens is 1. The van der Waals surface area contributed by atoms with Crippen LogP contribution in [0.15, 0.2) is 47.6 Å². The maximum absolute atomic E-state index is 12.2. The highest BCUT2D eigenvalue weighted by molar-refractivity contribution is 6.30. The van der Waals surface area contributed by atoms with Crippen LogP contribution in [0.25, 0.3) is 0 Å². The van der Waals surface area contributed by atoms with Crippen molar-refractivity contribution in [1.29, 1.82) is 0 Å². The molecule has 8 heteroatoms. The molecular weight excluding hydrogens is 370 g/mol. The lowest BCUT2D eigenvalue weighted by Crippen LogP contribution is -2.21. The average Bonchev–Trinajstić information content (AvgIpc) is 2.66. The fourth-order valence-corrected chi connectivity index (χ4v) is 2.31. The van der Waals surface area contributed by atoms with Crippen LogP contribution in [-0.4, -0.2) is 31.7 Å². The van der Waals surface area contributed by atoms with Gasteiger partial charge in [0, 0.05) is 22.4 Å². The Hall–Kier alpha value is -3.06. The van der Waals surface area contributed by atoms with Gasteiger partial charge in [0.25, 0.3) is 5.91 Å². The highest BCUT2D eigenvalue weighted by atomic mass is 35.5. The molecule has 0 aromatic heterocycles. The van der Waals surface area contributed by atoms with Crippen molar-refractivity contribution in [3.8, 4) is 11.5 Å². The number of ether oxygens (including phenoxy) is 2. The van der Waals surface area contributed by atoms with Crippen LogP contribution in [-0.2, 0) is 4.79 Å². The second-order valence-corrected chi connectivity index (χ2v) is 6.02. The normalized spacial score (nSPS) is 10.9. The third-order valence-corrected chi connectivity index (χ3v) is 3.81. The molecule has 0 radical (unpaired) electrons. The summed E-state index contributed by atoms with van der Waals surface area (Å²) in [7, 11) is 3.05. The summed E-state index contributed by atoms with van der Waals surface area (Å²) in [5.41, 5.74) is 3.79. The third kappa shape index (κ3) is 6.00. The van der Waals surface area contributed by atoms with Gasteiger partial charge >= 0.3 is 0 Å². The Morgan fingerprint density at radius 2 is 1.78 bits per heavy atom. The first-order valence-corrected chi connectivity index (χ1v) is 8.41. The number of methoxy groups -OCH3 is 2. The number of benzene rings is 2. The monoisotopic (exact) mass is 389 g/mol. The molecule has 142 valence electrons. The first-order valence-electron chi connectivity index (χ1n) is 8.04. The lowest BCUT2D eigenvalue weighted by Gasteiger charge is -2.11. The number of carbonyl (C=O) groups excluding carboxylic acids is 2. The number of nitrogens with one attached hydrogen (secondary N) is 2. The molecule has 0 fully saturated rings. The summed E-state index contributed by atoms with van der Waals surface area (Å²) in [4.78, 5) is 24.2. The summed E-state index contributed by atoms with van der Waals surface area (Å²) < 4.78 is 10.4. The van der Waals surface area contributed by atoms with Crippen LogP contribution in [0.5, 0.6) is 11.5 Å². The van der Waals surface area contributed by atoms with Crippen molar-refractivity contribution in [1.82, 2.24) is 5.43 Å². The van der Waals surface area contributed by atoms with Crippen molar-refractivity contribution in [3.05, 3.63) is 53.1 Å². The first kappa shape index (κ1) is 20.3. The molecule has 0 heterocycles. The highest BCUT2D eigenvalue weighted by Crippen LogP contribution is 2.29. The van der Waals surface area contributed by atoms with E-state index in [4.69, 9.17) is 21.1 Å². The summed E-state index contributed by atoms with van der Waals surface area (Å²) in [5.74, 6) is 0.421. The third-order valence-electron chi connectivity index (χ3n) is 3.55. The van der Waals surface area contributed by atoms with Gasteiger partial charge in [0.15, 0.2) is 0 Å². The second kappa shape index (κ2) is 9.59. The minimum absolute atomic E-state index is 0.0100. The molecule has 0 bridgehead atoms. The molecule has 2 amide bonds. The standard InChI is InChI=1S/C19H20ClN3O4/c1-12(22-23-19(25)13-4-6-14(20)7-5-13)10-18(24)21-16-9-8-15(26-2)11-17(16)27-3/h4-9,11H,10H2,1-3H3,(H,21,24)(H,23,25)/b22-12-. The van der Waals surface area contributed by atoms with E-state index in [9.17, 15) is 9.59 Å². The smallest absolute Gasteiger partial charge is 0.271 e. The molecule has 27 heavy (non-hydrogen) atoms. The molecule has 0 aliphatic rings. The molecule has 0 spiro atoms. The molecular formula is C19H20ClN3O4. The largest absolute Gasteiger partial charge is 0.497 e. The van der Waals surface area contributed by atoms with Gasteiger partial charge in [-0.15, -0.1) is 0 Å². The van der Waals surface area contributed by atoms with E-state index in [0.717, 1.165) is 0 Å². The van der Waals surface area contributed by atoms with Gasteiger partial charge in [0.1, 0.15) is 11.5 Å². The molecule has 2 aromatic rings. The average molecular weight is 390 g/mol. The van der Waals surface area contributed by atoms with Gasteiger partial charge in [-0.3, -0.25) is 9.59 Å². The second-order valence-electron chi connectivity index (χ2n) is 5.59. The van der Waals surface area contributed by atoms with E-state index in [1.807, 2.05) is 0 Å². The van der Waals surface area contributed by atoms with Crippen LogP contribution in [0.1, 0.15) is 23.7 Å². The molecule has 0 saturated heterocycles. The van der Waals surface area contributed by atoms with E-state index in [-0.39, 0.29) is 18.2 Å². The van der Waals surface area contributed by atoms with Crippen LogP contribution in [0.2, 0.25) is 5.02 Å². The topological polar surface area (TPSA) is 89.0 Å². The zero-order valence-corrected chi connectivity index (χ0v) is 16.0. The minimum atomic E-state index is -0.386. The van der Waals surface area contributed by atoms with Crippen molar-refractivity contribution in [3.63, 3.8) is 0 Å². The van der Waals surface area contributed by atoms with Crippen molar-refractivity contribution in [2.45, 2.75) is 13.3 Å². The molecule has 0 aliphatic carbocycles. The van der Waals surface area contributed by atoms with Crippen LogP contribution >= 0.6 is 11.6 Å². The summed E-state index contributed by atoms with van der Waals surface area (Å²) >= 11 is 5.79.